The first-order chi connectivity index (χ1) is 37.7. The fourth-order valence-electron chi connectivity index (χ4n) is 11.4. The number of benzene rings is 10. The summed E-state index contributed by atoms with van der Waals surface area (Å²) in [5, 5.41) is 4.67. The first kappa shape index (κ1) is 44.9. The van der Waals surface area contributed by atoms with Crippen molar-refractivity contribution in [3.8, 4) is 56.7 Å². The summed E-state index contributed by atoms with van der Waals surface area (Å²) >= 11 is 0. The van der Waals surface area contributed by atoms with E-state index < -0.39 is 0 Å². The monoisotopic (exact) mass is 974 g/mol. The van der Waals surface area contributed by atoms with Crippen LogP contribution in [0.5, 0.6) is 0 Å². The van der Waals surface area contributed by atoms with E-state index in [-0.39, 0.29) is 6.04 Å². The second-order valence-electron chi connectivity index (χ2n) is 19.7. The van der Waals surface area contributed by atoms with Gasteiger partial charge in [0.15, 0.2) is 11.6 Å². The predicted octanol–water partition coefficient (Wildman–Crippen LogP) is 17.5. The second-order valence-corrected chi connectivity index (χ2v) is 19.7. The SMILES string of the molecule is C1=C(c2ccccc2)CCCC(c2cccc(-c3cccc4c3c3cc(-c5ccc6c(c5)c5ccccc5n6-c5ccccc5)ccc3n4-c3nc(-c4ccccc4)nc(-c4ccccc4)n3)c2)N=C1c1ccccc1. The molecular weight excluding hydrogens is 925 g/mol. The minimum absolute atomic E-state index is 0.0309. The van der Waals surface area contributed by atoms with Crippen LogP contribution in [-0.4, -0.2) is 29.8 Å². The standard InChI is InChI=1S/C70H50N6/c1-6-21-47(22-7-1)51-29-19-36-61(71-62(46-51)48-23-8-2-9-24-48)55-31-18-30-54(43-55)57-35-20-38-66-67(57)60-45-53(52-39-41-64-59(44-52)58-34-16-17-37-63(58)75(64)56-32-14-5-15-33-56)40-42-65(60)76(66)70-73-68(49-25-10-3-11-26-49)72-69(74-70)50-27-12-4-13-28-50/h1-18,20-28,30-35,37-46,61H,19,29,36H2. The number of fused-ring (bicyclic) bond motifs is 6. The van der Waals surface area contributed by atoms with Gasteiger partial charge in [0.25, 0.3) is 0 Å². The normalized spacial score (nSPS) is 13.9. The third-order valence-corrected chi connectivity index (χ3v) is 15.0. The molecule has 3 aromatic heterocycles. The fraction of sp³-hybridized carbons (Fsp3) is 0.0571. The van der Waals surface area contributed by atoms with Crippen LogP contribution in [0.2, 0.25) is 0 Å². The van der Waals surface area contributed by atoms with E-state index in [0.717, 1.165) is 91.4 Å². The topological polar surface area (TPSA) is 60.9 Å². The van der Waals surface area contributed by atoms with Gasteiger partial charge in [-0.15, -0.1) is 0 Å². The van der Waals surface area contributed by atoms with Crippen LogP contribution in [0.4, 0.5) is 0 Å². The zero-order valence-corrected chi connectivity index (χ0v) is 41.7. The molecule has 0 spiro atoms. The van der Waals surface area contributed by atoms with E-state index in [4.69, 9.17) is 19.9 Å². The van der Waals surface area contributed by atoms with Gasteiger partial charge in [0.1, 0.15) is 0 Å². The molecule has 4 heterocycles. The highest BCUT2D eigenvalue weighted by Crippen LogP contribution is 2.43. The molecule has 10 aromatic carbocycles. The Labute approximate surface area is 441 Å². The number of para-hydroxylation sites is 2. The highest BCUT2D eigenvalue weighted by Gasteiger charge is 2.23. The Bertz CT molecular complexity index is 4290. The van der Waals surface area contributed by atoms with Gasteiger partial charge in [-0.05, 0) is 124 Å². The molecule has 76 heavy (non-hydrogen) atoms. The average Bonchev–Trinajstić information content (AvgIpc) is 4.10. The summed E-state index contributed by atoms with van der Waals surface area (Å²) in [5.41, 5.74) is 17.8. The lowest BCUT2D eigenvalue weighted by atomic mass is 9.90. The maximum Gasteiger partial charge on any atom is 0.238 e. The molecule has 0 saturated heterocycles. The third-order valence-electron chi connectivity index (χ3n) is 15.0. The molecule has 1 unspecified atom stereocenters. The lowest BCUT2D eigenvalue weighted by Gasteiger charge is -2.20. The van der Waals surface area contributed by atoms with Crippen molar-refractivity contribution >= 4 is 54.9 Å². The van der Waals surface area contributed by atoms with E-state index >= 15 is 0 Å². The van der Waals surface area contributed by atoms with E-state index in [1.165, 1.54) is 38.5 Å². The Balaban J connectivity index is 0.971. The van der Waals surface area contributed by atoms with Crippen molar-refractivity contribution in [2.75, 3.05) is 0 Å². The molecular formula is C70H50N6. The van der Waals surface area contributed by atoms with Crippen molar-refractivity contribution in [3.63, 3.8) is 0 Å². The number of allylic oxidation sites excluding steroid dienone is 2. The molecule has 6 nitrogen and oxygen atoms in total. The van der Waals surface area contributed by atoms with E-state index in [0.29, 0.717) is 17.6 Å². The number of aliphatic imine (C=N–C) groups is 1. The van der Waals surface area contributed by atoms with Crippen LogP contribution in [0, 0.1) is 0 Å². The number of nitrogens with zero attached hydrogens (tertiary/aromatic N) is 6. The predicted molar refractivity (Wildman–Crippen MR) is 314 cm³/mol. The lowest BCUT2D eigenvalue weighted by molar-refractivity contribution is 0.621. The van der Waals surface area contributed by atoms with Gasteiger partial charge in [0.2, 0.25) is 5.95 Å². The smallest absolute Gasteiger partial charge is 0.238 e. The summed E-state index contributed by atoms with van der Waals surface area (Å²) in [6.07, 6.45) is 5.25. The molecule has 1 atom stereocenters. The summed E-state index contributed by atoms with van der Waals surface area (Å²) in [4.78, 5) is 21.3. The largest absolute Gasteiger partial charge is 0.309 e. The van der Waals surface area contributed by atoms with E-state index in [2.05, 4.69) is 234 Å². The van der Waals surface area contributed by atoms with E-state index in [1.54, 1.807) is 0 Å². The molecule has 0 radical (unpaired) electrons. The fourth-order valence-corrected chi connectivity index (χ4v) is 11.4. The van der Waals surface area contributed by atoms with Crippen molar-refractivity contribution < 1.29 is 0 Å². The summed E-state index contributed by atoms with van der Waals surface area (Å²) in [7, 11) is 0. The van der Waals surface area contributed by atoms with Gasteiger partial charge in [-0.25, -0.2) is 4.98 Å². The lowest BCUT2D eigenvalue weighted by Crippen LogP contribution is -2.07. The maximum atomic E-state index is 5.63. The Kier molecular flexibility index (Phi) is 11.4. The van der Waals surface area contributed by atoms with Crippen LogP contribution in [0.15, 0.2) is 266 Å². The third kappa shape index (κ3) is 8.17. The highest BCUT2D eigenvalue weighted by atomic mass is 15.2. The number of rotatable bonds is 9. The van der Waals surface area contributed by atoms with Crippen molar-refractivity contribution in [2.45, 2.75) is 25.3 Å². The number of aromatic nitrogens is 5. The molecule has 0 fully saturated rings. The van der Waals surface area contributed by atoms with Crippen molar-refractivity contribution in [3.05, 3.63) is 278 Å². The van der Waals surface area contributed by atoms with Crippen molar-refractivity contribution in [1.29, 1.82) is 0 Å². The molecule has 360 valence electrons. The van der Waals surface area contributed by atoms with Crippen molar-refractivity contribution in [1.82, 2.24) is 24.1 Å². The van der Waals surface area contributed by atoms with Gasteiger partial charge in [-0.1, -0.05) is 200 Å². The number of hydrogen-bond acceptors (Lipinski definition) is 4. The average molecular weight is 975 g/mol. The van der Waals surface area contributed by atoms with Crippen LogP contribution in [0.25, 0.3) is 106 Å². The molecule has 1 aliphatic heterocycles. The van der Waals surface area contributed by atoms with Gasteiger partial charge in [-0.2, -0.15) is 9.97 Å². The molecule has 0 bridgehead atoms. The molecule has 0 aliphatic carbocycles. The van der Waals surface area contributed by atoms with Crippen LogP contribution in [0.3, 0.4) is 0 Å². The van der Waals surface area contributed by atoms with Crippen LogP contribution >= 0.6 is 0 Å². The molecule has 14 rings (SSSR count). The van der Waals surface area contributed by atoms with Gasteiger partial charge in [0.05, 0.1) is 33.8 Å². The summed E-state index contributed by atoms with van der Waals surface area (Å²) in [6.45, 7) is 0. The zero-order valence-electron chi connectivity index (χ0n) is 41.7. The summed E-state index contributed by atoms with van der Waals surface area (Å²) < 4.78 is 4.61. The Hall–Kier alpha value is -9.78. The van der Waals surface area contributed by atoms with E-state index in [9.17, 15) is 0 Å². The first-order valence-electron chi connectivity index (χ1n) is 26.2. The van der Waals surface area contributed by atoms with Crippen LogP contribution in [-0.2, 0) is 0 Å². The molecule has 0 amide bonds. The first-order valence-corrected chi connectivity index (χ1v) is 26.2. The Morgan fingerprint density at radius 2 is 0.908 bits per heavy atom. The minimum Gasteiger partial charge on any atom is -0.309 e. The molecule has 1 aliphatic rings. The Morgan fingerprint density at radius 3 is 1.59 bits per heavy atom. The van der Waals surface area contributed by atoms with Gasteiger partial charge < -0.3 is 4.57 Å². The highest BCUT2D eigenvalue weighted by molar-refractivity contribution is 6.17. The maximum absolute atomic E-state index is 5.63. The second kappa shape index (κ2) is 19.2. The molecule has 0 N–H and O–H groups in total. The summed E-state index contributed by atoms with van der Waals surface area (Å²) in [5.74, 6) is 1.79. The van der Waals surface area contributed by atoms with Gasteiger partial charge >= 0.3 is 0 Å². The quantitative estimate of drug-likeness (QED) is 0.145. The summed E-state index contributed by atoms with van der Waals surface area (Å²) in [6, 6.07) is 90.7. The molecule has 6 heteroatoms. The van der Waals surface area contributed by atoms with Crippen LogP contribution < -0.4 is 0 Å². The van der Waals surface area contributed by atoms with Gasteiger partial charge in [-0.3, -0.25) is 9.56 Å². The minimum atomic E-state index is -0.0309. The Morgan fingerprint density at radius 1 is 0.368 bits per heavy atom. The van der Waals surface area contributed by atoms with Gasteiger partial charge in [0, 0.05) is 38.4 Å². The molecule has 13 aromatic rings. The zero-order chi connectivity index (χ0) is 50.4. The number of hydrogen-bond donors (Lipinski definition) is 0. The van der Waals surface area contributed by atoms with Crippen molar-refractivity contribution in [2.24, 2.45) is 4.99 Å². The van der Waals surface area contributed by atoms with Crippen LogP contribution in [0.1, 0.15) is 42.0 Å². The molecule has 0 saturated carbocycles. The van der Waals surface area contributed by atoms with E-state index in [1.807, 2.05) is 36.4 Å².